The Balaban J connectivity index is 1.50. The fraction of sp³-hybridized carbons (Fsp3) is 0.182. The van der Waals surface area contributed by atoms with Crippen LogP contribution < -0.4 is 4.90 Å². The minimum absolute atomic E-state index is 0.254. The highest BCUT2D eigenvalue weighted by atomic mass is 16.5. The molecule has 2 aromatic carbocycles. The number of aromatic nitrogens is 1. The molecule has 0 spiro atoms. The molecule has 1 atom stereocenters. The zero-order valence-electron chi connectivity index (χ0n) is 15.9. The van der Waals surface area contributed by atoms with E-state index < -0.39 is 30.3 Å². The van der Waals surface area contributed by atoms with E-state index in [9.17, 15) is 19.2 Å². The van der Waals surface area contributed by atoms with Crippen LogP contribution in [0.4, 0.5) is 5.69 Å². The summed E-state index contributed by atoms with van der Waals surface area (Å²) in [4.78, 5) is 53.8. The van der Waals surface area contributed by atoms with Crippen LogP contribution in [0.25, 0.3) is 10.9 Å². The number of anilines is 1. The highest BCUT2D eigenvalue weighted by molar-refractivity contribution is 6.52. The van der Waals surface area contributed by atoms with Gasteiger partial charge in [-0.25, -0.2) is 0 Å². The first-order valence-corrected chi connectivity index (χ1v) is 9.14. The molecule has 1 aliphatic heterocycles. The third-order valence-electron chi connectivity index (χ3n) is 4.98. The number of H-pyrrole nitrogens is 1. The number of hydrogen-bond acceptors (Lipinski definition) is 5. The lowest BCUT2D eigenvalue weighted by atomic mass is 10.0. The first-order chi connectivity index (χ1) is 13.9. The number of ketones is 2. The Labute approximate surface area is 166 Å². The number of fused-ring (bicyclic) bond motifs is 2. The molecule has 0 saturated heterocycles. The van der Waals surface area contributed by atoms with Crippen LogP contribution in [0.15, 0.2) is 48.5 Å². The number of rotatable bonds is 5. The maximum atomic E-state index is 12.9. The van der Waals surface area contributed by atoms with Crippen LogP contribution in [0, 0.1) is 6.92 Å². The summed E-state index contributed by atoms with van der Waals surface area (Å²) in [6, 6.07) is 13.8. The number of hydrogen-bond donors (Lipinski definition) is 1. The molecule has 2 heterocycles. The molecule has 146 valence electrons. The average molecular weight is 390 g/mol. The van der Waals surface area contributed by atoms with E-state index >= 15 is 0 Å². The topological polar surface area (TPSA) is 96.5 Å². The van der Waals surface area contributed by atoms with E-state index in [1.807, 2.05) is 24.3 Å². The van der Waals surface area contributed by atoms with Crippen LogP contribution in [-0.2, 0) is 14.3 Å². The number of aryl methyl sites for hydroxylation is 1. The molecule has 29 heavy (non-hydrogen) atoms. The number of carbonyl (C=O) groups is 4. The number of nitrogens with zero attached hydrogens (tertiary/aromatic N) is 1. The Morgan fingerprint density at radius 1 is 1.07 bits per heavy atom. The highest BCUT2D eigenvalue weighted by Crippen LogP contribution is 2.28. The third-order valence-corrected chi connectivity index (χ3v) is 4.98. The van der Waals surface area contributed by atoms with Gasteiger partial charge in [0.25, 0.3) is 11.7 Å². The van der Waals surface area contributed by atoms with Gasteiger partial charge in [0, 0.05) is 22.2 Å². The van der Waals surface area contributed by atoms with Gasteiger partial charge in [-0.05, 0) is 32.0 Å². The van der Waals surface area contributed by atoms with Crippen LogP contribution in [0.2, 0.25) is 0 Å². The summed E-state index contributed by atoms with van der Waals surface area (Å²) in [5, 5.41) is 0.757. The van der Waals surface area contributed by atoms with Crippen molar-refractivity contribution in [3.63, 3.8) is 0 Å². The number of esters is 1. The molecule has 4 rings (SSSR count). The summed E-state index contributed by atoms with van der Waals surface area (Å²) < 4.78 is 5.29. The molecule has 1 amide bonds. The molecule has 0 radical (unpaired) electrons. The lowest BCUT2D eigenvalue weighted by molar-refractivity contribution is -0.145. The van der Waals surface area contributed by atoms with E-state index in [0.29, 0.717) is 16.9 Å². The fourth-order valence-electron chi connectivity index (χ4n) is 3.62. The second-order valence-corrected chi connectivity index (χ2v) is 6.90. The van der Waals surface area contributed by atoms with Gasteiger partial charge >= 0.3 is 5.97 Å². The average Bonchev–Trinajstić information content (AvgIpc) is 3.16. The van der Waals surface area contributed by atoms with Crippen LogP contribution in [0.1, 0.15) is 33.3 Å². The molecule has 0 fully saturated rings. The Kier molecular flexibility index (Phi) is 4.50. The number of benzene rings is 2. The van der Waals surface area contributed by atoms with Crippen molar-refractivity contribution in [1.82, 2.24) is 4.98 Å². The number of ether oxygens (including phenoxy) is 1. The fourth-order valence-corrected chi connectivity index (χ4v) is 3.62. The smallest absolute Gasteiger partial charge is 0.326 e. The predicted molar refractivity (Wildman–Crippen MR) is 106 cm³/mol. The Bertz CT molecular complexity index is 1180. The van der Waals surface area contributed by atoms with Crippen molar-refractivity contribution < 1.29 is 23.9 Å². The molecule has 0 unspecified atom stereocenters. The predicted octanol–water partition coefficient (Wildman–Crippen LogP) is 2.82. The first-order valence-electron chi connectivity index (χ1n) is 9.14. The number of amides is 1. The monoisotopic (exact) mass is 390 g/mol. The highest BCUT2D eigenvalue weighted by Gasteiger charge is 2.37. The zero-order chi connectivity index (χ0) is 20.7. The molecular formula is C22H18N2O5. The van der Waals surface area contributed by atoms with Crippen molar-refractivity contribution in [1.29, 1.82) is 0 Å². The normalized spacial score (nSPS) is 14.2. The second kappa shape index (κ2) is 7.01. The summed E-state index contributed by atoms with van der Waals surface area (Å²) in [6.45, 7) is 2.84. The van der Waals surface area contributed by atoms with E-state index in [0.717, 1.165) is 15.8 Å². The molecule has 1 aliphatic rings. The zero-order valence-corrected chi connectivity index (χ0v) is 15.9. The van der Waals surface area contributed by atoms with Crippen molar-refractivity contribution in [3.05, 3.63) is 65.4 Å². The van der Waals surface area contributed by atoms with Gasteiger partial charge in [-0.3, -0.25) is 24.1 Å². The van der Waals surface area contributed by atoms with Crippen LogP contribution in [0.5, 0.6) is 0 Å². The van der Waals surface area contributed by atoms with Gasteiger partial charge in [0.05, 0.1) is 11.3 Å². The molecule has 1 aromatic heterocycles. The Morgan fingerprint density at radius 3 is 2.55 bits per heavy atom. The van der Waals surface area contributed by atoms with E-state index in [-0.39, 0.29) is 11.3 Å². The number of Topliss-reactive ketones (excluding diaryl/α,β-unsaturated/α-hetero) is 2. The third kappa shape index (κ3) is 3.10. The maximum absolute atomic E-state index is 12.9. The first kappa shape index (κ1) is 18.6. The minimum atomic E-state index is -1.04. The molecule has 0 bridgehead atoms. The van der Waals surface area contributed by atoms with Crippen molar-refractivity contribution in [3.8, 4) is 0 Å². The van der Waals surface area contributed by atoms with Crippen LogP contribution >= 0.6 is 0 Å². The molecular weight excluding hydrogens is 372 g/mol. The number of aromatic amines is 1. The molecule has 0 saturated carbocycles. The van der Waals surface area contributed by atoms with E-state index in [1.165, 1.54) is 13.0 Å². The maximum Gasteiger partial charge on any atom is 0.326 e. The van der Waals surface area contributed by atoms with Crippen molar-refractivity contribution in [2.45, 2.75) is 20.0 Å². The lowest BCUT2D eigenvalue weighted by Crippen LogP contribution is -2.37. The number of carbonyl (C=O) groups excluding carboxylic acids is 4. The SMILES string of the molecule is Cc1[nH]c2ccccc2c1C(=O)[C@H](C)OC(=O)CN1C(=O)C(=O)c2ccccc21. The summed E-state index contributed by atoms with van der Waals surface area (Å²) in [5.74, 6) is -2.54. The van der Waals surface area contributed by atoms with E-state index in [4.69, 9.17) is 4.74 Å². The van der Waals surface area contributed by atoms with E-state index in [1.54, 1.807) is 25.1 Å². The van der Waals surface area contributed by atoms with Crippen molar-refractivity contribution >= 4 is 40.0 Å². The summed E-state index contributed by atoms with van der Waals surface area (Å²) in [5.41, 5.74) is 2.60. The standard InChI is InChI=1S/C22H18N2O5/c1-12-19(14-7-3-5-9-16(14)23-12)20(26)13(2)29-18(25)11-24-17-10-6-4-8-15(17)21(27)22(24)28/h3-10,13,23H,11H2,1-2H3/t13-/m0/s1. The summed E-state index contributed by atoms with van der Waals surface area (Å²) in [6.07, 6.45) is -1.04. The number of para-hydroxylation sites is 2. The summed E-state index contributed by atoms with van der Waals surface area (Å²) >= 11 is 0. The lowest BCUT2D eigenvalue weighted by Gasteiger charge is -2.18. The quantitative estimate of drug-likeness (QED) is 0.411. The van der Waals surface area contributed by atoms with Gasteiger partial charge in [-0.2, -0.15) is 0 Å². The minimum Gasteiger partial charge on any atom is -0.453 e. The van der Waals surface area contributed by atoms with Gasteiger partial charge in [0.1, 0.15) is 6.54 Å². The second-order valence-electron chi connectivity index (χ2n) is 6.90. The van der Waals surface area contributed by atoms with Gasteiger partial charge in [0.2, 0.25) is 5.78 Å². The molecule has 7 heteroatoms. The van der Waals surface area contributed by atoms with Crippen LogP contribution in [-0.4, -0.2) is 41.1 Å². The Hall–Kier alpha value is -3.74. The van der Waals surface area contributed by atoms with Gasteiger partial charge in [0.15, 0.2) is 6.10 Å². The molecule has 0 aliphatic carbocycles. The number of nitrogens with one attached hydrogen (secondary N) is 1. The van der Waals surface area contributed by atoms with Gasteiger partial charge in [-0.15, -0.1) is 0 Å². The van der Waals surface area contributed by atoms with Gasteiger partial charge in [-0.1, -0.05) is 30.3 Å². The Morgan fingerprint density at radius 2 is 1.76 bits per heavy atom. The van der Waals surface area contributed by atoms with Gasteiger partial charge < -0.3 is 9.72 Å². The molecule has 7 nitrogen and oxygen atoms in total. The van der Waals surface area contributed by atoms with Crippen molar-refractivity contribution in [2.75, 3.05) is 11.4 Å². The summed E-state index contributed by atoms with van der Waals surface area (Å²) in [7, 11) is 0. The van der Waals surface area contributed by atoms with Crippen molar-refractivity contribution in [2.24, 2.45) is 0 Å². The molecule has 3 aromatic rings. The van der Waals surface area contributed by atoms with Crippen LogP contribution in [0.3, 0.4) is 0 Å². The largest absolute Gasteiger partial charge is 0.453 e. The molecule has 1 N–H and O–H groups in total. The van der Waals surface area contributed by atoms with E-state index in [2.05, 4.69) is 4.98 Å².